The zero-order valence-corrected chi connectivity index (χ0v) is 16.2. The molecule has 0 spiro atoms. The van der Waals surface area contributed by atoms with Crippen LogP contribution in [0.1, 0.15) is 48.7 Å². The third kappa shape index (κ3) is 3.87. The van der Waals surface area contributed by atoms with Gasteiger partial charge in [-0.05, 0) is 50.6 Å². The Hall–Kier alpha value is -2.48. The highest BCUT2D eigenvalue weighted by molar-refractivity contribution is 5.97. The van der Waals surface area contributed by atoms with Crippen molar-refractivity contribution < 1.29 is 14.1 Å². The van der Waals surface area contributed by atoms with Crippen LogP contribution in [0.15, 0.2) is 16.8 Å². The van der Waals surface area contributed by atoms with E-state index in [1.807, 2.05) is 17.9 Å². The second kappa shape index (κ2) is 8.26. The van der Waals surface area contributed by atoms with Crippen LogP contribution < -0.4 is 10.6 Å². The van der Waals surface area contributed by atoms with E-state index in [9.17, 15) is 9.59 Å². The Balaban J connectivity index is 1.38. The fourth-order valence-corrected chi connectivity index (χ4v) is 4.13. The maximum absolute atomic E-state index is 13.0. The van der Waals surface area contributed by atoms with Crippen molar-refractivity contribution in [1.82, 2.24) is 25.7 Å². The quantitative estimate of drug-likeness (QED) is 0.809. The van der Waals surface area contributed by atoms with Gasteiger partial charge in [0, 0.05) is 25.8 Å². The van der Waals surface area contributed by atoms with Gasteiger partial charge < -0.3 is 20.1 Å². The normalized spacial score (nSPS) is 22.5. The van der Waals surface area contributed by atoms with Gasteiger partial charge in [0.05, 0.1) is 22.7 Å². The van der Waals surface area contributed by atoms with Crippen molar-refractivity contribution in [1.29, 1.82) is 0 Å². The number of carbonyl (C=O) groups is 2. The Morgan fingerprint density at radius 2 is 2.25 bits per heavy atom. The molecule has 0 bridgehead atoms. The topological polar surface area (TPSA) is 100 Å². The molecule has 2 atom stereocenters. The van der Waals surface area contributed by atoms with Crippen molar-refractivity contribution in [2.45, 2.75) is 45.1 Å². The summed E-state index contributed by atoms with van der Waals surface area (Å²) in [4.78, 5) is 31.3. The molecule has 2 N–H and O–H groups in total. The number of nitrogens with one attached hydrogen (secondary N) is 2. The largest absolute Gasteiger partial charge is 0.354 e. The third-order valence-corrected chi connectivity index (χ3v) is 5.73. The summed E-state index contributed by atoms with van der Waals surface area (Å²) < 4.78 is 5.20. The lowest BCUT2D eigenvalue weighted by atomic mass is 9.97. The SMILES string of the molecule is CCc1noc2ncc(C(=O)N3CCCC(CNC(=O)C4CCCN4)C3)cc12. The van der Waals surface area contributed by atoms with Crippen molar-refractivity contribution in [2.24, 2.45) is 5.92 Å². The number of hydrogen-bond acceptors (Lipinski definition) is 6. The standard InChI is InChI=1S/C20H27N5O3/c1-2-16-15-9-14(11-23-19(15)28-24-16)20(27)25-8-4-5-13(12-25)10-22-18(26)17-6-3-7-21-17/h9,11,13,17,21H,2-8,10,12H2,1H3,(H,22,26). The number of likely N-dealkylation sites (tertiary alicyclic amines) is 1. The number of aromatic nitrogens is 2. The second-order valence-corrected chi connectivity index (χ2v) is 7.71. The number of nitrogens with zero attached hydrogens (tertiary/aromatic N) is 3. The first-order chi connectivity index (χ1) is 13.7. The van der Waals surface area contributed by atoms with E-state index >= 15 is 0 Å². The van der Waals surface area contributed by atoms with Gasteiger partial charge in [-0.3, -0.25) is 9.59 Å². The van der Waals surface area contributed by atoms with Crippen LogP contribution in [0.3, 0.4) is 0 Å². The van der Waals surface area contributed by atoms with Crippen molar-refractivity contribution >= 4 is 22.9 Å². The minimum Gasteiger partial charge on any atom is -0.354 e. The summed E-state index contributed by atoms with van der Waals surface area (Å²) in [6.45, 7) is 4.91. The summed E-state index contributed by atoms with van der Waals surface area (Å²) >= 11 is 0. The molecule has 0 aromatic carbocycles. The van der Waals surface area contributed by atoms with Gasteiger partial charge in [-0.2, -0.15) is 0 Å². The van der Waals surface area contributed by atoms with E-state index in [0.717, 1.165) is 56.3 Å². The zero-order chi connectivity index (χ0) is 19.5. The summed E-state index contributed by atoms with van der Waals surface area (Å²) in [6, 6.07) is 1.77. The minimum atomic E-state index is -0.0598. The molecule has 8 nitrogen and oxygen atoms in total. The van der Waals surface area contributed by atoms with Crippen LogP contribution in [0.4, 0.5) is 0 Å². The molecule has 2 fully saturated rings. The number of aryl methyl sites for hydroxylation is 1. The first-order valence-electron chi connectivity index (χ1n) is 10.2. The Bertz CT molecular complexity index is 859. The van der Waals surface area contributed by atoms with Crippen LogP contribution >= 0.6 is 0 Å². The lowest BCUT2D eigenvalue weighted by Gasteiger charge is -2.33. The number of carbonyl (C=O) groups excluding carboxylic acids is 2. The zero-order valence-electron chi connectivity index (χ0n) is 16.2. The van der Waals surface area contributed by atoms with Crippen molar-refractivity contribution in [3.63, 3.8) is 0 Å². The Kier molecular flexibility index (Phi) is 5.57. The third-order valence-electron chi connectivity index (χ3n) is 5.73. The molecular weight excluding hydrogens is 358 g/mol. The number of pyridine rings is 1. The summed E-state index contributed by atoms with van der Waals surface area (Å²) in [5, 5.41) is 11.1. The molecular formula is C20H27N5O3. The summed E-state index contributed by atoms with van der Waals surface area (Å²) in [5.41, 5.74) is 1.84. The van der Waals surface area contributed by atoms with Crippen molar-refractivity contribution in [3.8, 4) is 0 Å². The molecule has 8 heteroatoms. The summed E-state index contributed by atoms with van der Waals surface area (Å²) in [6.07, 6.45) is 6.20. The molecule has 2 saturated heterocycles. The first-order valence-corrected chi connectivity index (χ1v) is 10.2. The van der Waals surface area contributed by atoms with E-state index in [1.165, 1.54) is 0 Å². The van der Waals surface area contributed by atoms with E-state index in [4.69, 9.17) is 4.52 Å². The van der Waals surface area contributed by atoms with Crippen LogP contribution in [-0.4, -0.2) is 59.1 Å². The molecule has 4 heterocycles. The van der Waals surface area contributed by atoms with E-state index in [0.29, 0.717) is 24.4 Å². The lowest BCUT2D eigenvalue weighted by Crippen LogP contribution is -2.46. The maximum Gasteiger partial charge on any atom is 0.257 e. The molecule has 28 heavy (non-hydrogen) atoms. The highest BCUT2D eigenvalue weighted by atomic mass is 16.5. The Labute approximate surface area is 164 Å². The van der Waals surface area contributed by atoms with Gasteiger partial charge >= 0.3 is 0 Å². The molecule has 2 aliphatic rings. The number of fused-ring (bicyclic) bond motifs is 1. The number of hydrogen-bond donors (Lipinski definition) is 2. The fourth-order valence-electron chi connectivity index (χ4n) is 4.13. The summed E-state index contributed by atoms with van der Waals surface area (Å²) in [5.74, 6) is 0.336. The van der Waals surface area contributed by atoms with Gasteiger partial charge in [0.2, 0.25) is 5.91 Å². The molecule has 0 aliphatic carbocycles. The monoisotopic (exact) mass is 385 g/mol. The maximum atomic E-state index is 13.0. The molecule has 2 aromatic rings. The van der Waals surface area contributed by atoms with Gasteiger partial charge in [0.1, 0.15) is 0 Å². The lowest BCUT2D eigenvalue weighted by molar-refractivity contribution is -0.123. The van der Waals surface area contributed by atoms with E-state index in [1.54, 1.807) is 6.20 Å². The fraction of sp³-hybridized carbons (Fsp3) is 0.600. The summed E-state index contributed by atoms with van der Waals surface area (Å²) in [7, 11) is 0. The molecule has 4 rings (SSSR count). The van der Waals surface area contributed by atoms with Gasteiger partial charge in [0.15, 0.2) is 0 Å². The number of amides is 2. The first kappa shape index (κ1) is 18.9. The van der Waals surface area contributed by atoms with Gasteiger partial charge in [-0.25, -0.2) is 4.98 Å². The van der Waals surface area contributed by atoms with Crippen LogP contribution in [0, 0.1) is 5.92 Å². The predicted molar refractivity (Wildman–Crippen MR) is 104 cm³/mol. The van der Waals surface area contributed by atoms with Crippen LogP contribution in [-0.2, 0) is 11.2 Å². The average molecular weight is 385 g/mol. The average Bonchev–Trinajstić information content (AvgIpc) is 3.41. The van der Waals surface area contributed by atoms with Gasteiger partial charge in [-0.15, -0.1) is 0 Å². The van der Waals surface area contributed by atoms with E-state index in [2.05, 4.69) is 20.8 Å². The van der Waals surface area contributed by atoms with Crippen LogP contribution in [0.25, 0.3) is 11.1 Å². The van der Waals surface area contributed by atoms with Gasteiger partial charge in [0.25, 0.3) is 11.6 Å². The molecule has 0 radical (unpaired) electrons. The number of rotatable bonds is 5. The van der Waals surface area contributed by atoms with Gasteiger partial charge in [-0.1, -0.05) is 12.1 Å². The number of piperidine rings is 1. The van der Waals surface area contributed by atoms with Crippen LogP contribution in [0.5, 0.6) is 0 Å². The molecule has 2 unspecified atom stereocenters. The molecule has 0 saturated carbocycles. The van der Waals surface area contributed by atoms with Crippen molar-refractivity contribution in [3.05, 3.63) is 23.5 Å². The Morgan fingerprint density at radius 3 is 3.04 bits per heavy atom. The Morgan fingerprint density at radius 1 is 1.36 bits per heavy atom. The van der Waals surface area contributed by atoms with Crippen LogP contribution in [0.2, 0.25) is 0 Å². The molecule has 2 aliphatic heterocycles. The smallest absolute Gasteiger partial charge is 0.257 e. The molecule has 2 amide bonds. The molecule has 2 aromatic heterocycles. The highest BCUT2D eigenvalue weighted by Gasteiger charge is 2.27. The second-order valence-electron chi connectivity index (χ2n) is 7.71. The van der Waals surface area contributed by atoms with Crippen molar-refractivity contribution in [2.75, 3.05) is 26.2 Å². The van der Waals surface area contributed by atoms with E-state index in [-0.39, 0.29) is 23.8 Å². The predicted octanol–water partition coefficient (Wildman–Crippen LogP) is 1.51. The molecule has 150 valence electrons. The van der Waals surface area contributed by atoms with E-state index < -0.39 is 0 Å². The minimum absolute atomic E-state index is 0.0221. The highest BCUT2D eigenvalue weighted by Crippen LogP contribution is 2.22.